The lowest BCUT2D eigenvalue weighted by Gasteiger charge is -2.27. The Labute approximate surface area is 237 Å². The largest absolute Gasteiger partial charge is 0.396 e. The monoisotopic (exact) mass is 536 g/mol. The van der Waals surface area contributed by atoms with Crippen LogP contribution in [0.25, 0.3) is 5.57 Å². The number of carbonyl (C=O) groups excluding carboxylic acids is 1. The Kier molecular flexibility index (Phi) is 10.1. The molecule has 3 unspecified atom stereocenters. The van der Waals surface area contributed by atoms with Gasteiger partial charge < -0.3 is 21.1 Å². The minimum Gasteiger partial charge on any atom is -0.396 e. The molecule has 3 atom stereocenters. The highest BCUT2D eigenvalue weighted by Crippen LogP contribution is 2.28. The standard InChI is InChI=1S/C34H40N4O2/c1-38(2)22-26-11-7-12-29(20-26)27-14-16-28(17-15-27)34(40)37-32(21-24-8-4-3-5-9-24)31(23-39)19-25-10-6-13-30(18-25)33(35)36/h3-18,26,31-32,39H,19-23H2,1-2H3,(H3,35,36)(H,37,40). The van der Waals surface area contributed by atoms with Gasteiger partial charge in [-0.05, 0) is 79.7 Å². The van der Waals surface area contributed by atoms with E-state index < -0.39 is 0 Å². The highest BCUT2D eigenvalue weighted by Gasteiger charge is 2.25. The Morgan fingerprint density at radius 3 is 2.40 bits per heavy atom. The van der Waals surface area contributed by atoms with Crippen LogP contribution in [0.2, 0.25) is 0 Å². The zero-order valence-corrected chi connectivity index (χ0v) is 23.4. The molecule has 0 bridgehead atoms. The molecule has 0 heterocycles. The predicted octanol–water partition coefficient (Wildman–Crippen LogP) is 4.68. The fourth-order valence-corrected chi connectivity index (χ4v) is 5.35. The molecule has 1 aliphatic carbocycles. The maximum Gasteiger partial charge on any atom is 0.251 e. The second-order valence-corrected chi connectivity index (χ2v) is 10.9. The molecule has 0 spiro atoms. The second-order valence-electron chi connectivity index (χ2n) is 10.9. The summed E-state index contributed by atoms with van der Waals surface area (Å²) in [6.45, 7) is 0.916. The molecule has 0 saturated heterocycles. The summed E-state index contributed by atoms with van der Waals surface area (Å²) in [4.78, 5) is 15.7. The number of nitrogens with one attached hydrogen (secondary N) is 2. The third kappa shape index (κ3) is 8.01. The maximum atomic E-state index is 13.5. The molecule has 40 heavy (non-hydrogen) atoms. The van der Waals surface area contributed by atoms with Crippen molar-refractivity contribution in [1.29, 1.82) is 5.41 Å². The van der Waals surface area contributed by atoms with Crippen LogP contribution in [-0.2, 0) is 12.8 Å². The average Bonchev–Trinajstić information content (AvgIpc) is 2.96. The van der Waals surface area contributed by atoms with Gasteiger partial charge in [0.2, 0.25) is 0 Å². The minimum atomic E-state index is -0.293. The molecular formula is C34H40N4O2. The van der Waals surface area contributed by atoms with Gasteiger partial charge in [0.15, 0.2) is 0 Å². The number of aliphatic hydroxyl groups is 1. The molecule has 6 nitrogen and oxygen atoms in total. The molecule has 0 saturated carbocycles. The topological polar surface area (TPSA) is 102 Å². The van der Waals surface area contributed by atoms with Gasteiger partial charge in [0.05, 0.1) is 0 Å². The molecule has 4 rings (SSSR count). The van der Waals surface area contributed by atoms with Crippen LogP contribution in [0.3, 0.4) is 0 Å². The lowest BCUT2D eigenvalue weighted by Crippen LogP contribution is -2.44. The van der Waals surface area contributed by atoms with Crippen LogP contribution in [0.5, 0.6) is 0 Å². The van der Waals surface area contributed by atoms with Crippen molar-refractivity contribution in [3.63, 3.8) is 0 Å². The van der Waals surface area contributed by atoms with Crippen LogP contribution in [0.15, 0.2) is 97.1 Å². The minimum absolute atomic E-state index is 0.00761. The summed E-state index contributed by atoms with van der Waals surface area (Å²) in [5.41, 5.74) is 11.4. The van der Waals surface area contributed by atoms with Crippen LogP contribution in [0.4, 0.5) is 0 Å². The molecule has 0 aliphatic heterocycles. The molecule has 3 aromatic rings. The number of nitrogens with two attached hydrogens (primary N) is 1. The van der Waals surface area contributed by atoms with Gasteiger partial charge in [-0.2, -0.15) is 0 Å². The molecule has 208 valence electrons. The number of hydrogen-bond acceptors (Lipinski definition) is 4. The van der Waals surface area contributed by atoms with E-state index in [-0.39, 0.29) is 30.3 Å². The van der Waals surface area contributed by atoms with Gasteiger partial charge in [0.1, 0.15) is 5.84 Å². The SMILES string of the molecule is CN(C)CC1C=CC=C(c2ccc(C(=O)NC(Cc3ccccc3)C(CO)Cc3cccc(C(=N)N)c3)cc2)C1. The van der Waals surface area contributed by atoms with Crippen molar-refractivity contribution in [2.75, 3.05) is 27.2 Å². The Hall–Kier alpha value is -4.00. The van der Waals surface area contributed by atoms with E-state index in [1.807, 2.05) is 72.8 Å². The number of amides is 1. The van der Waals surface area contributed by atoms with E-state index in [0.29, 0.717) is 29.9 Å². The van der Waals surface area contributed by atoms with Crippen LogP contribution >= 0.6 is 0 Å². The zero-order chi connectivity index (χ0) is 28.5. The highest BCUT2D eigenvalue weighted by atomic mass is 16.3. The second kappa shape index (κ2) is 13.9. The van der Waals surface area contributed by atoms with E-state index in [9.17, 15) is 9.90 Å². The Morgan fingerprint density at radius 1 is 1.00 bits per heavy atom. The van der Waals surface area contributed by atoms with Crippen LogP contribution in [0, 0.1) is 17.2 Å². The number of rotatable bonds is 12. The molecule has 6 heteroatoms. The molecule has 1 amide bonds. The third-order valence-corrected chi connectivity index (χ3v) is 7.43. The van der Waals surface area contributed by atoms with E-state index in [1.54, 1.807) is 6.07 Å². The summed E-state index contributed by atoms with van der Waals surface area (Å²) in [7, 11) is 4.18. The first-order chi connectivity index (χ1) is 19.3. The summed E-state index contributed by atoms with van der Waals surface area (Å²) in [6.07, 6.45) is 8.65. The van der Waals surface area contributed by atoms with Crippen LogP contribution in [0.1, 0.15) is 39.0 Å². The maximum absolute atomic E-state index is 13.5. The number of hydrogen-bond donors (Lipinski definition) is 4. The van der Waals surface area contributed by atoms with Crippen molar-refractivity contribution in [2.45, 2.75) is 25.3 Å². The van der Waals surface area contributed by atoms with E-state index in [0.717, 1.165) is 29.7 Å². The molecule has 3 aromatic carbocycles. The number of aliphatic hydroxyl groups excluding tert-OH is 1. The van der Waals surface area contributed by atoms with E-state index in [1.165, 1.54) is 5.57 Å². The first kappa shape index (κ1) is 29.0. The lowest BCUT2D eigenvalue weighted by molar-refractivity contribution is 0.0903. The molecule has 0 fully saturated rings. The number of amidine groups is 1. The zero-order valence-electron chi connectivity index (χ0n) is 23.4. The van der Waals surface area contributed by atoms with Gasteiger partial charge in [0, 0.05) is 36.2 Å². The fourth-order valence-electron chi connectivity index (χ4n) is 5.35. The van der Waals surface area contributed by atoms with Gasteiger partial charge in [-0.25, -0.2) is 0 Å². The smallest absolute Gasteiger partial charge is 0.251 e. The molecule has 0 radical (unpaired) electrons. The van der Waals surface area contributed by atoms with Gasteiger partial charge in [-0.15, -0.1) is 0 Å². The Bertz CT molecular complexity index is 1350. The number of nitrogen functional groups attached to an aromatic ring is 1. The molecule has 1 aliphatic rings. The van der Waals surface area contributed by atoms with E-state index >= 15 is 0 Å². The van der Waals surface area contributed by atoms with Crippen molar-refractivity contribution in [3.8, 4) is 0 Å². The fraction of sp³-hybridized carbons (Fsp3) is 0.294. The summed E-state index contributed by atoms with van der Waals surface area (Å²) in [5.74, 6) is 0.0985. The number of benzene rings is 3. The summed E-state index contributed by atoms with van der Waals surface area (Å²) in [5, 5.41) is 21.4. The van der Waals surface area contributed by atoms with Crippen molar-refractivity contribution in [2.24, 2.45) is 17.6 Å². The van der Waals surface area contributed by atoms with E-state index in [4.69, 9.17) is 11.1 Å². The predicted molar refractivity (Wildman–Crippen MR) is 163 cm³/mol. The van der Waals surface area contributed by atoms with Crippen molar-refractivity contribution >= 4 is 17.3 Å². The average molecular weight is 537 g/mol. The van der Waals surface area contributed by atoms with Gasteiger partial charge in [-0.3, -0.25) is 10.2 Å². The van der Waals surface area contributed by atoms with Gasteiger partial charge >= 0.3 is 0 Å². The first-order valence-corrected chi connectivity index (χ1v) is 13.8. The van der Waals surface area contributed by atoms with Crippen LogP contribution < -0.4 is 11.1 Å². The van der Waals surface area contributed by atoms with Crippen LogP contribution in [-0.4, -0.2) is 55.0 Å². The Balaban J connectivity index is 1.50. The van der Waals surface area contributed by atoms with Gasteiger partial charge in [0.25, 0.3) is 5.91 Å². The number of allylic oxidation sites excluding steroid dienone is 3. The molecule has 5 N–H and O–H groups in total. The summed E-state index contributed by atoms with van der Waals surface area (Å²) in [6, 6.07) is 25.0. The quantitative estimate of drug-likeness (QED) is 0.199. The summed E-state index contributed by atoms with van der Waals surface area (Å²) >= 11 is 0. The van der Waals surface area contributed by atoms with Crippen molar-refractivity contribution in [1.82, 2.24) is 10.2 Å². The highest BCUT2D eigenvalue weighted by molar-refractivity contribution is 5.95. The van der Waals surface area contributed by atoms with Crippen molar-refractivity contribution in [3.05, 3.63) is 125 Å². The van der Waals surface area contributed by atoms with Crippen molar-refractivity contribution < 1.29 is 9.90 Å². The molecule has 0 aromatic heterocycles. The van der Waals surface area contributed by atoms with E-state index in [2.05, 4.69) is 42.5 Å². The number of nitrogens with zero attached hydrogens (tertiary/aromatic N) is 1. The first-order valence-electron chi connectivity index (χ1n) is 13.8. The number of carbonyl (C=O) groups is 1. The Morgan fingerprint density at radius 2 is 1.73 bits per heavy atom. The molecular weight excluding hydrogens is 496 g/mol. The summed E-state index contributed by atoms with van der Waals surface area (Å²) < 4.78 is 0. The lowest BCUT2D eigenvalue weighted by atomic mass is 9.87. The normalized spacial score (nSPS) is 16.3. The third-order valence-electron chi connectivity index (χ3n) is 7.43. The van der Waals surface area contributed by atoms with Gasteiger partial charge in [-0.1, -0.05) is 78.9 Å².